The molecule has 1 saturated carbocycles. The van der Waals surface area contributed by atoms with Gasteiger partial charge in [0.2, 0.25) is 0 Å². The van der Waals surface area contributed by atoms with E-state index in [2.05, 4.69) is 5.32 Å². The normalized spacial score (nSPS) is 21.9. The predicted octanol–water partition coefficient (Wildman–Crippen LogP) is 3.41. The maximum absolute atomic E-state index is 12.1. The van der Waals surface area contributed by atoms with E-state index in [1.807, 2.05) is 12.1 Å². The van der Waals surface area contributed by atoms with Crippen LogP contribution in [-0.2, 0) is 4.74 Å². The van der Waals surface area contributed by atoms with Crippen LogP contribution in [0, 0.1) is 0 Å². The van der Waals surface area contributed by atoms with Crippen molar-refractivity contribution in [2.75, 3.05) is 26.5 Å². The maximum atomic E-state index is 12.1. The smallest absolute Gasteiger partial charge is 0.254 e. The number of nitrogens with one attached hydrogen (secondary N) is 1. The molecule has 0 atom stereocenters. The highest BCUT2D eigenvalue weighted by Gasteiger charge is 2.21. The molecule has 2 rings (SSSR count). The molecule has 0 spiro atoms. The van der Waals surface area contributed by atoms with E-state index in [1.54, 1.807) is 27.3 Å². The number of benzene rings is 1. The molecule has 1 fully saturated rings. The zero-order chi connectivity index (χ0) is 15.4. The first-order chi connectivity index (χ1) is 10.0. The van der Waals surface area contributed by atoms with Gasteiger partial charge in [-0.25, -0.2) is 0 Å². The Morgan fingerprint density at radius 3 is 2.52 bits per heavy atom. The standard InChI is InChI=1S/C16H23ClN2O2/c1-19(2)16(20)14-10-12(6-9-15(14)17)18-11-4-7-13(21-3)8-5-11/h6,9-11,13,18H,4-5,7-8H2,1-3H3. The fraction of sp³-hybridized carbons (Fsp3) is 0.562. The van der Waals surface area contributed by atoms with E-state index in [4.69, 9.17) is 16.3 Å². The summed E-state index contributed by atoms with van der Waals surface area (Å²) in [4.78, 5) is 13.6. The second-order valence-electron chi connectivity index (χ2n) is 5.75. The van der Waals surface area contributed by atoms with Gasteiger partial charge in [-0.1, -0.05) is 11.6 Å². The molecule has 0 unspecified atom stereocenters. The summed E-state index contributed by atoms with van der Waals surface area (Å²) in [6.45, 7) is 0. The van der Waals surface area contributed by atoms with Crippen LogP contribution in [0.15, 0.2) is 18.2 Å². The van der Waals surface area contributed by atoms with Crippen LogP contribution >= 0.6 is 11.6 Å². The number of rotatable bonds is 4. The molecule has 1 aliphatic rings. The Morgan fingerprint density at radius 1 is 1.29 bits per heavy atom. The van der Waals surface area contributed by atoms with Gasteiger partial charge in [-0.2, -0.15) is 0 Å². The Hall–Kier alpha value is -1.26. The number of nitrogens with zero attached hydrogens (tertiary/aromatic N) is 1. The van der Waals surface area contributed by atoms with Crippen LogP contribution in [0.3, 0.4) is 0 Å². The van der Waals surface area contributed by atoms with Crippen molar-refractivity contribution >= 4 is 23.2 Å². The molecule has 0 bridgehead atoms. The van der Waals surface area contributed by atoms with Gasteiger partial charge < -0.3 is 15.0 Å². The SMILES string of the molecule is COC1CCC(Nc2ccc(Cl)c(C(=O)N(C)C)c2)CC1. The largest absolute Gasteiger partial charge is 0.382 e. The lowest BCUT2D eigenvalue weighted by atomic mass is 9.93. The molecule has 0 heterocycles. The summed E-state index contributed by atoms with van der Waals surface area (Å²) in [5, 5.41) is 3.99. The molecule has 1 N–H and O–H groups in total. The lowest BCUT2D eigenvalue weighted by Gasteiger charge is -2.29. The van der Waals surface area contributed by atoms with Crippen LogP contribution < -0.4 is 5.32 Å². The molecule has 0 aromatic heterocycles. The van der Waals surface area contributed by atoms with Gasteiger partial charge in [-0.3, -0.25) is 4.79 Å². The summed E-state index contributed by atoms with van der Waals surface area (Å²) in [6.07, 6.45) is 4.70. The first-order valence-electron chi connectivity index (χ1n) is 7.31. The minimum atomic E-state index is -0.0771. The molecular weight excluding hydrogens is 288 g/mol. The molecule has 4 nitrogen and oxygen atoms in total. The van der Waals surface area contributed by atoms with Crippen LogP contribution in [0.2, 0.25) is 5.02 Å². The molecule has 1 aromatic carbocycles. The summed E-state index contributed by atoms with van der Waals surface area (Å²) in [6, 6.07) is 5.98. The van der Waals surface area contributed by atoms with Gasteiger partial charge in [0.1, 0.15) is 0 Å². The van der Waals surface area contributed by atoms with Crippen molar-refractivity contribution in [1.82, 2.24) is 4.90 Å². The minimum absolute atomic E-state index is 0.0771. The predicted molar refractivity (Wildman–Crippen MR) is 86.1 cm³/mol. The Labute approximate surface area is 131 Å². The second kappa shape index (κ2) is 7.14. The highest BCUT2D eigenvalue weighted by atomic mass is 35.5. The zero-order valence-electron chi connectivity index (χ0n) is 12.9. The van der Waals surface area contributed by atoms with E-state index < -0.39 is 0 Å². The fourth-order valence-electron chi connectivity index (χ4n) is 2.70. The molecule has 1 aliphatic carbocycles. The maximum Gasteiger partial charge on any atom is 0.254 e. The summed E-state index contributed by atoms with van der Waals surface area (Å²) in [7, 11) is 5.23. The van der Waals surface area contributed by atoms with Crippen molar-refractivity contribution in [3.05, 3.63) is 28.8 Å². The zero-order valence-corrected chi connectivity index (χ0v) is 13.6. The number of hydrogen-bond acceptors (Lipinski definition) is 3. The van der Waals surface area contributed by atoms with Gasteiger partial charge in [0, 0.05) is 32.9 Å². The average molecular weight is 311 g/mol. The van der Waals surface area contributed by atoms with Gasteiger partial charge in [-0.15, -0.1) is 0 Å². The number of carbonyl (C=O) groups excluding carboxylic acids is 1. The van der Waals surface area contributed by atoms with Gasteiger partial charge in [-0.05, 0) is 43.9 Å². The fourth-order valence-corrected chi connectivity index (χ4v) is 2.90. The van der Waals surface area contributed by atoms with Gasteiger partial charge in [0.15, 0.2) is 0 Å². The first kappa shape index (κ1) is 16.1. The monoisotopic (exact) mass is 310 g/mol. The third-order valence-electron chi connectivity index (χ3n) is 3.98. The molecule has 116 valence electrons. The van der Waals surface area contributed by atoms with Gasteiger partial charge in [0.05, 0.1) is 16.7 Å². The van der Waals surface area contributed by atoms with E-state index in [0.717, 1.165) is 31.4 Å². The molecule has 0 radical (unpaired) electrons. The molecule has 5 heteroatoms. The Kier molecular flexibility index (Phi) is 5.48. The van der Waals surface area contributed by atoms with Crippen LogP contribution in [-0.4, -0.2) is 44.2 Å². The lowest BCUT2D eigenvalue weighted by Crippen LogP contribution is -2.29. The summed E-state index contributed by atoms with van der Waals surface area (Å²) < 4.78 is 5.39. The average Bonchev–Trinajstić information content (AvgIpc) is 2.49. The van der Waals surface area contributed by atoms with Crippen LogP contribution in [0.5, 0.6) is 0 Å². The van der Waals surface area contributed by atoms with Crippen LogP contribution in [0.25, 0.3) is 0 Å². The van der Waals surface area contributed by atoms with Crippen molar-refractivity contribution in [1.29, 1.82) is 0 Å². The van der Waals surface area contributed by atoms with E-state index in [0.29, 0.717) is 22.7 Å². The number of anilines is 1. The topological polar surface area (TPSA) is 41.6 Å². The second-order valence-corrected chi connectivity index (χ2v) is 6.16. The summed E-state index contributed by atoms with van der Waals surface area (Å²) in [5.74, 6) is -0.0771. The van der Waals surface area contributed by atoms with Crippen molar-refractivity contribution in [2.45, 2.75) is 37.8 Å². The number of amides is 1. The number of halogens is 1. The Morgan fingerprint density at radius 2 is 1.95 bits per heavy atom. The van der Waals surface area contributed by atoms with E-state index in [9.17, 15) is 4.79 Å². The van der Waals surface area contributed by atoms with Crippen molar-refractivity contribution in [2.24, 2.45) is 0 Å². The highest BCUT2D eigenvalue weighted by molar-refractivity contribution is 6.34. The van der Waals surface area contributed by atoms with E-state index >= 15 is 0 Å². The molecule has 0 saturated heterocycles. The number of hydrogen-bond donors (Lipinski definition) is 1. The lowest BCUT2D eigenvalue weighted by molar-refractivity contribution is 0.0682. The first-order valence-corrected chi connectivity index (χ1v) is 7.69. The molecular formula is C16H23ClN2O2. The molecule has 1 amide bonds. The van der Waals surface area contributed by atoms with Gasteiger partial charge >= 0.3 is 0 Å². The van der Waals surface area contributed by atoms with Crippen molar-refractivity contribution in [3.8, 4) is 0 Å². The molecule has 21 heavy (non-hydrogen) atoms. The number of carbonyl (C=O) groups is 1. The summed E-state index contributed by atoms with van der Waals surface area (Å²) >= 11 is 6.12. The van der Waals surface area contributed by atoms with Gasteiger partial charge in [0.25, 0.3) is 5.91 Å². The van der Waals surface area contributed by atoms with E-state index in [1.165, 1.54) is 4.90 Å². The van der Waals surface area contributed by atoms with Crippen molar-refractivity contribution in [3.63, 3.8) is 0 Å². The molecule has 0 aliphatic heterocycles. The van der Waals surface area contributed by atoms with Crippen LogP contribution in [0.1, 0.15) is 36.0 Å². The Bertz CT molecular complexity index is 497. The Balaban J connectivity index is 2.04. The number of ether oxygens (including phenoxy) is 1. The minimum Gasteiger partial charge on any atom is -0.382 e. The van der Waals surface area contributed by atoms with Crippen LogP contribution in [0.4, 0.5) is 5.69 Å². The third kappa shape index (κ3) is 4.11. The highest BCUT2D eigenvalue weighted by Crippen LogP contribution is 2.26. The van der Waals surface area contributed by atoms with E-state index in [-0.39, 0.29) is 5.91 Å². The molecule has 1 aromatic rings. The number of methoxy groups -OCH3 is 1. The third-order valence-corrected chi connectivity index (χ3v) is 4.31. The quantitative estimate of drug-likeness (QED) is 0.926. The summed E-state index contributed by atoms with van der Waals surface area (Å²) in [5.41, 5.74) is 1.49. The van der Waals surface area contributed by atoms with Crippen molar-refractivity contribution < 1.29 is 9.53 Å².